The van der Waals surface area contributed by atoms with Crippen molar-refractivity contribution >= 4 is 27.5 Å². The summed E-state index contributed by atoms with van der Waals surface area (Å²) in [4.78, 5) is 30.1. The van der Waals surface area contributed by atoms with Gasteiger partial charge in [-0.25, -0.2) is 8.42 Å². The molecule has 0 saturated heterocycles. The summed E-state index contributed by atoms with van der Waals surface area (Å²) in [6.45, 7) is 5.44. The van der Waals surface area contributed by atoms with Gasteiger partial charge in [-0.15, -0.1) is 0 Å². The summed E-state index contributed by atoms with van der Waals surface area (Å²) in [5.41, 5.74) is 2.97. The lowest BCUT2D eigenvalue weighted by molar-refractivity contribution is -0.140. The molecule has 4 rings (SSSR count). The maximum absolute atomic E-state index is 14.6. The molecule has 2 atom stereocenters. The van der Waals surface area contributed by atoms with Crippen molar-refractivity contribution in [1.82, 2.24) is 10.2 Å². The van der Waals surface area contributed by atoms with Crippen LogP contribution < -0.4 is 14.4 Å². The van der Waals surface area contributed by atoms with E-state index >= 15 is 0 Å². The molecule has 1 N–H and O–H groups in total. The fourth-order valence-electron chi connectivity index (χ4n) is 4.98. The first-order chi connectivity index (χ1) is 21.6. The van der Waals surface area contributed by atoms with Crippen LogP contribution in [0.5, 0.6) is 5.75 Å². The van der Waals surface area contributed by atoms with Crippen molar-refractivity contribution in [2.75, 3.05) is 18.0 Å². The predicted octanol–water partition coefficient (Wildman–Crippen LogP) is 5.75. The molecule has 236 valence electrons. The average molecular weight is 628 g/mol. The minimum atomic E-state index is -4.19. The molecule has 0 aromatic heterocycles. The third-order valence-electron chi connectivity index (χ3n) is 7.83. The lowest BCUT2D eigenvalue weighted by Crippen LogP contribution is -2.54. The topological polar surface area (TPSA) is 96.0 Å². The Morgan fingerprint density at radius 3 is 2.16 bits per heavy atom. The molecule has 0 saturated carbocycles. The highest BCUT2D eigenvalue weighted by molar-refractivity contribution is 7.92. The van der Waals surface area contributed by atoms with Gasteiger partial charge in [0, 0.05) is 25.1 Å². The molecule has 8 nitrogen and oxygen atoms in total. The summed E-state index contributed by atoms with van der Waals surface area (Å²) in [5, 5.41) is 3.06. The van der Waals surface area contributed by atoms with Crippen molar-refractivity contribution in [2.45, 2.75) is 57.1 Å². The minimum Gasteiger partial charge on any atom is -0.497 e. The van der Waals surface area contributed by atoms with Crippen molar-refractivity contribution in [3.8, 4) is 5.75 Å². The third-order valence-corrected chi connectivity index (χ3v) is 9.61. The van der Waals surface area contributed by atoms with Crippen LogP contribution in [0.4, 0.5) is 5.69 Å². The third kappa shape index (κ3) is 8.51. The molecule has 9 heteroatoms. The van der Waals surface area contributed by atoms with Crippen molar-refractivity contribution in [1.29, 1.82) is 0 Å². The molecule has 0 aliphatic rings. The quantitative estimate of drug-likeness (QED) is 0.192. The van der Waals surface area contributed by atoms with Crippen molar-refractivity contribution < 1.29 is 22.7 Å². The van der Waals surface area contributed by atoms with E-state index in [0.29, 0.717) is 12.2 Å². The summed E-state index contributed by atoms with van der Waals surface area (Å²) in [6, 6.07) is 30.8. The average Bonchev–Trinajstić information content (AvgIpc) is 3.06. The van der Waals surface area contributed by atoms with Gasteiger partial charge in [0.15, 0.2) is 0 Å². The predicted molar refractivity (Wildman–Crippen MR) is 178 cm³/mol. The number of hydrogen-bond acceptors (Lipinski definition) is 5. The first kappa shape index (κ1) is 33.3. The lowest BCUT2D eigenvalue weighted by atomic mass is 10.0. The normalized spacial score (nSPS) is 12.5. The van der Waals surface area contributed by atoms with Crippen molar-refractivity contribution in [3.05, 3.63) is 126 Å². The number of nitrogens with one attached hydrogen (secondary N) is 1. The van der Waals surface area contributed by atoms with Gasteiger partial charge in [-0.05, 0) is 61.2 Å². The first-order valence-corrected chi connectivity index (χ1v) is 16.5. The minimum absolute atomic E-state index is 0.0430. The number of rotatable bonds is 14. The number of benzene rings is 4. The molecule has 4 aromatic rings. The maximum atomic E-state index is 14.6. The van der Waals surface area contributed by atoms with Crippen LogP contribution in [0.25, 0.3) is 0 Å². The van der Waals surface area contributed by atoms with Crippen LogP contribution in [0, 0.1) is 6.92 Å². The smallest absolute Gasteiger partial charge is 0.264 e. The first-order valence-electron chi connectivity index (χ1n) is 15.0. The van der Waals surface area contributed by atoms with Crippen LogP contribution >= 0.6 is 0 Å². The number of ether oxygens (including phenoxy) is 1. The molecular weight excluding hydrogens is 586 g/mol. The van der Waals surface area contributed by atoms with Gasteiger partial charge in [-0.3, -0.25) is 13.9 Å². The maximum Gasteiger partial charge on any atom is 0.264 e. The number of sulfonamides is 1. The Balaban J connectivity index is 1.82. The molecular formula is C36H41N3O5S. The van der Waals surface area contributed by atoms with E-state index in [0.717, 1.165) is 21.0 Å². The zero-order chi connectivity index (χ0) is 32.4. The van der Waals surface area contributed by atoms with Gasteiger partial charge in [0.1, 0.15) is 18.3 Å². The van der Waals surface area contributed by atoms with E-state index in [9.17, 15) is 18.0 Å². The zero-order valence-electron chi connectivity index (χ0n) is 26.2. The molecule has 45 heavy (non-hydrogen) atoms. The van der Waals surface area contributed by atoms with Crippen LogP contribution in [0.1, 0.15) is 37.0 Å². The fourth-order valence-corrected chi connectivity index (χ4v) is 6.41. The molecule has 0 spiro atoms. The molecule has 0 unspecified atom stereocenters. The summed E-state index contributed by atoms with van der Waals surface area (Å²) >= 11 is 0. The second-order valence-corrected chi connectivity index (χ2v) is 12.9. The Kier molecular flexibility index (Phi) is 11.4. The number of amides is 2. The Morgan fingerprint density at radius 1 is 0.867 bits per heavy atom. The number of carbonyl (C=O) groups excluding carboxylic acids is 2. The van der Waals surface area contributed by atoms with Crippen LogP contribution in [0.3, 0.4) is 0 Å². The monoisotopic (exact) mass is 627 g/mol. The summed E-state index contributed by atoms with van der Waals surface area (Å²) in [7, 11) is -2.69. The number of carbonyl (C=O) groups is 2. The van der Waals surface area contributed by atoms with Gasteiger partial charge >= 0.3 is 0 Å². The summed E-state index contributed by atoms with van der Waals surface area (Å²) in [5.74, 6) is -0.366. The van der Waals surface area contributed by atoms with E-state index in [4.69, 9.17) is 4.74 Å². The van der Waals surface area contributed by atoms with E-state index in [1.165, 1.54) is 24.1 Å². The second kappa shape index (κ2) is 15.4. The number of nitrogens with zero attached hydrogens (tertiary/aromatic N) is 2. The number of anilines is 1. The zero-order valence-corrected chi connectivity index (χ0v) is 27.0. The second-order valence-electron chi connectivity index (χ2n) is 11.0. The molecule has 4 aromatic carbocycles. The number of methoxy groups -OCH3 is 1. The largest absolute Gasteiger partial charge is 0.497 e. The van der Waals surface area contributed by atoms with Gasteiger partial charge in [0.2, 0.25) is 11.8 Å². The Morgan fingerprint density at radius 2 is 1.51 bits per heavy atom. The van der Waals surface area contributed by atoms with Crippen molar-refractivity contribution in [2.24, 2.45) is 0 Å². The summed E-state index contributed by atoms with van der Waals surface area (Å²) < 4.78 is 34.7. The lowest BCUT2D eigenvalue weighted by Gasteiger charge is -2.34. The Bertz CT molecular complexity index is 1680. The van der Waals surface area contributed by atoms with Gasteiger partial charge in [0.05, 0.1) is 17.7 Å². The molecule has 0 fully saturated rings. The molecule has 0 radical (unpaired) electrons. The van der Waals surface area contributed by atoms with Gasteiger partial charge in [-0.1, -0.05) is 85.8 Å². The van der Waals surface area contributed by atoms with E-state index in [2.05, 4.69) is 5.32 Å². The van der Waals surface area contributed by atoms with Gasteiger partial charge in [0.25, 0.3) is 10.0 Å². The molecule has 0 aliphatic heterocycles. The number of hydrogen-bond donors (Lipinski definition) is 1. The molecule has 0 aliphatic carbocycles. The van der Waals surface area contributed by atoms with Gasteiger partial charge in [-0.2, -0.15) is 0 Å². The Hall–Kier alpha value is -4.63. The molecule has 0 bridgehead atoms. The van der Waals surface area contributed by atoms with E-state index in [-0.39, 0.29) is 35.5 Å². The van der Waals surface area contributed by atoms with Gasteiger partial charge < -0.3 is 15.0 Å². The van der Waals surface area contributed by atoms with Crippen LogP contribution in [0.2, 0.25) is 0 Å². The summed E-state index contributed by atoms with van der Waals surface area (Å²) in [6.07, 6.45) is 0.972. The Labute approximate surface area is 266 Å². The number of aryl methyl sites for hydroxylation is 1. The van der Waals surface area contributed by atoms with Crippen LogP contribution in [-0.4, -0.2) is 50.9 Å². The van der Waals surface area contributed by atoms with E-state index in [1.807, 2.05) is 75.4 Å². The highest BCUT2D eigenvalue weighted by atomic mass is 32.2. The molecule has 2 amide bonds. The standard InChI is InChI=1S/C36H41N3O5S/c1-5-28(3)37-36(41)34(23-29-16-8-6-9-17-29)38(25-30-18-13-12-15-27(30)2)35(40)26-39(31-19-14-20-32(24-31)44-4)45(42,43)33-21-10-7-11-22-33/h6-22,24,28,34H,5,23,25-26H2,1-4H3,(H,37,41)/t28-,34-/m0/s1. The van der Waals surface area contributed by atoms with E-state index < -0.39 is 28.5 Å². The van der Waals surface area contributed by atoms with Crippen molar-refractivity contribution in [3.63, 3.8) is 0 Å². The highest BCUT2D eigenvalue weighted by Crippen LogP contribution is 2.28. The fraction of sp³-hybridized carbons (Fsp3) is 0.278. The SMILES string of the molecule is CC[C@H](C)NC(=O)[C@H](Cc1ccccc1)N(Cc1ccccc1C)C(=O)CN(c1cccc(OC)c1)S(=O)(=O)c1ccccc1. The van der Waals surface area contributed by atoms with Crippen LogP contribution in [0.15, 0.2) is 114 Å². The molecule has 0 heterocycles. The van der Waals surface area contributed by atoms with Crippen LogP contribution in [-0.2, 0) is 32.6 Å². The van der Waals surface area contributed by atoms with E-state index in [1.54, 1.807) is 42.5 Å². The highest BCUT2D eigenvalue weighted by Gasteiger charge is 2.35.